The molecular formula is C16H21NO5. The lowest BCUT2D eigenvalue weighted by Gasteiger charge is -2.14. The molecule has 0 aliphatic carbocycles. The fourth-order valence-electron chi connectivity index (χ4n) is 1.92. The highest BCUT2D eigenvalue weighted by atomic mass is 16.5. The van der Waals surface area contributed by atoms with Crippen molar-refractivity contribution >= 4 is 17.8 Å². The Bertz CT molecular complexity index is 501. The van der Waals surface area contributed by atoms with Crippen LogP contribution in [0.2, 0.25) is 0 Å². The molecule has 22 heavy (non-hydrogen) atoms. The molecule has 6 nitrogen and oxygen atoms in total. The van der Waals surface area contributed by atoms with Crippen LogP contribution in [-0.2, 0) is 30.3 Å². The summed E-state index contributed by atoms with van der Waals surface area (Å²) in [6.07, 6.45) is 0.317. The van der Waals surface area contributed by atoms with Gasteiger partial charge in [-0.25, -0.2) is 0 Å². The first-order valence-corrected chi connectivity index (χ1v) is 7.13. The highest BCUT2D eigenvalue weighted by molar-refractivity contribution is 5.98. The summed E-state index contributed by atoms with van der Waals surface area (Å²) in [5.74, 6) is -2.38. The van der Waals surface area contributed by atoms with Crippen LogP contribution in [0, 0.1) is 5.92 Å². The number of nitrogens with one attached hydrogen (secondary N) is 1. The van der Waals surface area contributed by atoms with E-state index in [2.05, 4.69) is 10.1 Å². The maximum Gasteiger partial charge on any atom is 0.318 e. The summed E-state index contributed by atoms with van der Waals surface area (Å²) in [6, 6.07) is 9.20. The predicted octanol–water partition coefficient (Wildman–Crippen LogP) is 1.09. The number of amides is 1. The van der Waals surface area contributed by atoms with Gasteiger partial charge in [-0.15, -0.1) is 0 Å². The van der Waals surface area contributed by atoms with Crippen LogP contribution in [0.15, 0.2) is 30.3 Å². The van der Waals surface area contributed by atoms with Gasteiger partial charge in [0.1, 0.15) is 5.92 Å². The van der Waals surface area contributed by atoms with Gasteiger partial charge < -0.3 is 14.8 Å². The molecule has 0 radical (unpaired) electrons. The minimum atomic E-state index is -0.936. The highest BCUT2D eigenvalue weighted by Crippen LogP contribution is 2.11. The molecule has 0 spiro atoms. The van der Waals surface area contributed by atoms with Crippen molar-refractivity contribution < 1.29 is 23.9 Å². The fraction of sp³-hybridized carbons (Fsp3) is 0.438. The summed E-state index contributed by atoms with van der Waals surface area (Å²) in [6.45, 7) is 2.13. The van der Waals surface area contributed by atoms with Gasteiger partial charge in [0.2, 0.25) is 5.91 Å². The summed E-state index contributed by atoms with van der Waals surface area (Å²) in [5, 5.41) is 2.57. The quantitative estimate of drug-likeness (QED) is 0.574. The number of hydrogen-bond acceptors (Lipinski definition) is 5. The van der Waals surface area contributed by atoms with E-state index in [4.69, 9.17) is 4.74 Å². The second-order valence-electron chi connectivity index (χ2n) is 4.61. The number of carbonyl (C=O) groups is 3. The van der Waals surface area contributed by atoms with Crippen molar-refractivity contribution in [3.05, 3.63) is 35.9 Å². The number of rotatable bonds is 8. The topological polar surface area (TPSA) is 81.7 Å². The first-order valence-electron chi connectivity index (χ1n) is 7.13. The SMILES string of the molecule is CCOC(=O)CCNC(=O)C(Cc1ccccc1)C(=O)OC. The van der Waals surface area contributed by atoms with Crippen molar-refractivity contribution in [3.8, 4) is 0 Å². The molecule has 0 heterocycles. The van der Waals surface area contributed by atoms with Gasteiger partial charge in [-0.2, -0.15) is 0 Å². The lowest BCUT2D eigenvalue weighted by atomic mass is 9.98. The van der Waals surface area contributed by atoms with Crippen LogP contribution in [0.3, 0.4) is 0 Å². The smallest absolute Gasteiger partial charge is 0.318 e. The zero-order valence-electron chi connectivity index (χ0n) is 12.8. The minimum absolute atomic E-state index is 0.0683. The molecule has 1 atom stereocenters. The van der Waals surface area contributed by atoms with E-state index < -0.39 is 17.8 Å². The van der Waals surface area contributed by atoms with Crippen LogP contribution in [0.5, 0.6) is 0 Å². The van der Waals surface area contributed by atoms with Gasteiger partial charge in [0.25, 0.3) is 0 Å². The van der Waals surface area contributed by atoms with Gasteiger partial charge in [-0.1, -0.05) is 30.3 Å². The Hall–Kier alpha value is -2.37. The molecule has 0 aromatic heterocycles. The lowest BCUT2D eigenvalue weighted by Crippen LogP contribution is -2.38. The summed E-state index contributed by atoms with van der Waals surface area (Å²) >= 11 is 0. The Balaban J connectivity index is 2.58. The number of methoxy groups -OCH3 is 1. The van der Waals surface area contributed by atoms with E-state index in [9.17, 15) is 14.4 Å². The Labute approximate surface area is 129 Å². The minimum Gasteiger partial charge on any atom is -0.468 e. The molecule has 1 unspecified atom stereocenters. The van der Waals surface area contributed by atoms with Crippen molar-refractivity contribution in [2.24, 2.45) is 5.92 Å². The van der Waals surface area contributed by atoms with E-state index in [0.717, 1.165) is 5.56 Å². The molecule has 0 fully saturated rings. The molecule has 1 aromatic carbocycles. The molecule has 0 aliphatic rings. The van der Waals surface area contributed by atoms with Crippen LogP contribution in [-0.4, -0.2) is 38.1 Å². The first kappa shape index (κ1) is 17.7. The van der Waals surface area contributed by atoms with Gasteiger partial charge >= 0.3 is 11.9 Å². The zero-order valence-corrected chi connectivity index (χ0v) is 12.8. The summed E-state index contributed by atoms with van der Waals surface area (Å²) in [4.78, 5) is 35.1. The number of ether oxygens (including phenoxy) is 2. The Morgan fingerprint density at radius 3 is 2.45 bits per heavy atom. The van der Waals surface area contributed by atoms with Crippen molar-refractivity contribution in [2.45, 2.75) is 19.8 Å². The van der Waals surface area contributed by atoms with Crippen molar-refractivity contribution in [1.82, 2.24) is 5.32 Å². The van der Waals surface area contributed by atoms with E-state index >= 15 is 0 Å². The Kier molecular flexibility index (Phi) is 7.67. The van der Waals surface area contributed by atoms with Gasteiger partial charge in [0.05, 0.1) is 20.1 Å². The summed E-state index contributed by atoms with van der Waals surface area (Å²) in [7, 11) is 1.24. The molecule has 6 heteroatoms. The van der Waals surface area contributed by atoms with Crippen LogP contribution < -0.4 is 5.32 Å². The average molecular weight is 307 g/mol. The number of esters is 2. The lowest BCUT2D eigenvalue weighted by molar-refractivity contribution is -0.149. The molecule has 0 bridgehead atoms. The van der Waals surface area contributed by atoms with Crippen molar-refractivity contribution in [3.63, 3.8) is 0 Å². The molecule has 0 aliphatic heterocycles. The highest BCUT2D eigenvalue weighted by Gasteiger charge is 2.27. The molecular weight excluding hydrogens is 286 g/mol. The standard InChI is InChI=1S/C16H21NO5/c1-3-22-14(18)9-10-17-15(19)13(16(20)21-2)11-12-7-5-4-6-8-12/h4-8,13H,3,9-11H2,1-2H3,(H,17,19). The largest absolute Gasteiger partial charge is 0.468 e. The van der Waals surface area contributed by atoms with Gasteiger partial charge in [0.15, 0.2) is 0 Å². The monoisotopic (exact) mass is 307 g/mol. The van der Waals surface area contributed by atoms with Crippen molar-refractivity contribution in [1.29, 1.82) is 0 Å². The van der Waals surface area contributed by atoms with Crippen molar-refractivity contribution in [2.75, 3.05) is 20.3 Å². The molecule has 0 saturated carbocycles. The van der Waals surface area contributed by atoms with E-state index in [-0.39, 0.29) is 25.4 Å². The van der Waals surface area contributed by atoms with E-state index in [1.807, 2.05) is 30.3 Å². The van der Waals surface area contributed by atoms with E-state index in [0.29, 0.717) is 6.61 Å². The van der Waals surface area contributed by atoms with Crippen LogP contribution in [0.25, 0.3) is 0 Å². The van der Waals surface area contributed by atoms with Crippen LogP contribution in [0.1, 0.15) is 18.9 Å². The second kappa shape index (κ2) is 9.55. The number of carbonyl (C=O) groups excluding carboxylic acids is 3. The van der Waals surface area contributed by atoms with Gasteiger partial charge in [0, 0.05) is 6.54 Å². The maximum atomic E-state index is 12.1. The third kappa shape index (κ3) is 5.95. The van der Waals surface area contributed by atoms with Gasteiger partial charge in [-0.3, -0.25) is 14.4 Å². The zero-order chi connectivity index (χ0) is 16.4. The fourth-order valence-corrected chi connectivity index (χ4v) is 1.92. The second-order valence-corrected chi connectivity index (χ2v) is 4.61. The Morgan fingerprint density at radius 1 is 1.18 bits per heavy atom. The van der Waals surface area contributed by atoms with Gasteiger partial charge in [-0.05, 0) is 18.9 Å². The van der Waals surface area contributed by atoms with E-state index in [1.165, 1.54) is 7.11 Å². The normalized spacial score (nSPS) is 11.4. The van der Waals surface area contributed by atoms with Crippen LogP contribution in [0.4, 0.5) is 0 Å². The first-order chi connectivity index (χ1) is 10.6. The molecule has 0 saturated heterocycles. The molecule has 120 valence electrons. The molecule has 1 aromatic rings. The maximum absolute atomic E-state index is 12.1. The predicted molar refractivity (Wildman–Crippen MR) is 79.9 cm³/mol. The Morgan fingerprint density at radius 2 is 1.86 bits per heavy atom. The van der Waals surface area contributed by atoms with E-state index in [1.54, 1.807) is 6.92 Å². The molecule has 1 N–H and O–H groups in total. The molecule has 1 rings (SSSR count). The molecule has 1 amide bonds. The number of hydrogen-bond donors (Lipinski definition) is 1. The third-order valence-electron chi connectivity index (χ3n) is 3.02. The summed E-state index contributed by atoms with van der Waals surface area (Å²) in [5.41, 5.74) is 0.860. The average Bonchev–Trinajstić information content (AvgIpc) is 2.53. The third-order valence-corrected chi connectivity index (χ3v) is 3.02. The van der Waals surface area contributed by atoms with Crippen LogP contribution >= 0.6 is 0 Å². The summed E-state index contributed by atoms with van der Waals surface area (Å²) < 4.78 is 9.45. The number of benzene rings is 1.